The lowest BCUT2D eigenvalue weighted by molar-refractivity contribution is 0.0777. The van der Waals surface area contributed by atoms with Crippen molar-refractivity contribution in [1.82, 2.24) is 9.62 Å². The molecule has 1 saturated heterocycles. The molecule has 1 fully saturated rings. The molecular formula is C13H19N3O3S3. The molecule has 1 aliphatic rings. The molecule has 0 saturated carbocycles. The summed E-state index contributed by atoms with van der Waals surface area (Å²) in [5.74, 6) is 0. The van der Waals surface area contributed by atoms with Gasteiger partial charge in [0.15, 0.2) is 0 Å². The number of thiocarbonyl (C=S) groups is 1. The molecule has 0 radical (unpaired) electrons. The van der Waals surface area contributed by atoms with Gasteiger partial charge >= 0.3 is 0 Å². The van der Waals surface area contributed by atoms with Crippen molar-refractivity contribution in [1.29, 1.82) is 0 Å². The first-order chi connectivity index (χ1) is 10.4. The second kappa shape index (κ2) is 8.23. The van der Waals surface area contributed by atoms with Crippen LogP contribution in [0.2, 0.25) is 0 Å². The first-order valence-corrected chi connectivity index (χ1v) is 9.58. The Morgan fingerprint density at radius 2 is 1.95 bits per heavy atom. The molecule has 0 aromatic heterocycles. The molecule has 1 heterocycles. The van der Waals surface area contributed by atoms with E-state index in [9.17, 15) is 8.42 Å². The maximum atomic E-state index is 11.2. The van der Waals surface area contributed by atoms with Crippen LogP contribution in [0.25, 0.3) is 0 Å². The standard InChI is InChI=1S/C13H19N3O3S3/c14-22(17,18)12-3-1-11(2-4-12)5-6-15-13(20)21-16-7-9-19-10-8-16/h1-4H,5-10H2,(H,15,20)(H2,14,17,18). The maximum Gasteiger partial charge on any atom is 0.238 e. The van der Waals surface area contributed by atoms with E-state index in [0.29, 0.717) is 6.54 Å². The number of primary sulfonamides is 1. The minimum absolute atomic E-state index is 0.127. The van der Waals surface area contributed by atoms with E-state index in [4.69, 9.17) is 22.1 Å². The van der Waals surface area contributed by atoms with Gasteiger partial charge < -0.3 is 10.1 Å². The van der Waals surface area contributed by atoms with Gasteiger partial charge in [-0.3, -0.25) is 0 Å². The molecule has 1 aromatic rings. The average molecular weight is 362 g/mol. The molecule has 0 aliphatic carbocycles. The number of hydrogen-bond acceptors (Lipinski definition) is 6. The van der Waals surface area contributed by atoms with E-state index in [-0.39, 0.29) is 4.90 Å². The summed E-state index contributed by atoms with van der Waals surface area (Å²) in [5.41, 5.74) is 1.03. The number of rotatable bonds is 5. The van der Waals surface area contributed by atoms with Crippen LogP contribution in [0.15, 0.2) is 29.2 Å². The fourth-order valence-electron chi connectivity index (χ4n) is 1.94. The summed E-state index contributed by atoms with van der Waals surface area (Å²) in [6, 6.07) is 6.57. The van der Waals surface area contributed by atoms with Crippen molar-refractivity contribution in [3.8, 4) is 0 Å². The fourth-order valence-corrected chi connectivity index (χ4v) is 3.61. The topological polar surface area (TPSA) is 84.7 Å². The fraction of sp³-hybridized carbons (Fsp3) is 0.462. The number of hydrogen-bond donors (Lipinski definition) is 2. The van der Waals surface area contributed by atoms with Crippen LogP contribution < -0.4 is 10.5 Å². The predicted molar refractivity (Wildman–Crippen MR) is 92.1 cm³/mol. The Labute approximate surface area is 140 Å². The Morgan fingerprint density at radius 1 is 1.32 bits per heavy atom. The van der Waals surface area contributed by atoms with E-state index in [2.05, 4.69) is 9.62 Å². The number of nitrogens with one attached hydrogen (secondary N) is 1. The zero-order chi connectivity index (χ0) is 16.0. The van der Waals surface area contributed by atoms with Crippen molar-refractivity contribution < 1.29 is 13.2 Å². The largest absolute Gasteiger partial charge is 0.379 e. The SMILES string of the molecule is NS(=O)(=O)c1ccc(CCNC(=S)SN2CCOCC2)cc1. The van der Waals surface area contributed by atoms with Gasteiger partial charge in [0.2, 0.25) is 10.0 Å². The Kier molecular flexibility index (Phi) is 6.60. The van der Waals surface area contributed by atoms with Crippen LogP contribution in [0, 0.1) is 0 Å². The molecule has 9 heteroatoms. The third-order valence-electron chi connectivity index (χ3n) is 3.12. The lowest BCUT2D eigenvalue weighted by Crippen LogP contribution is -2.34. The predicted octanol–water partition coefficient (Wildman–Crippen LogP) is 0.731. The number of morpholine rings is 1. The highest BCUT2D eigenvalue weighted by molar-refractivity contribution is 8.21. The van der Waals surface area contributed by atoms with Crippen molar-refractivity contribution in [3.63, 3.8) is 0 Å². The van der Waals surface area contributed by atoms with Gasteiger partial charge in [-0.2, -0.15) is 0 Å². The molecule has 0 bridgehead atoms. The van der Waals surface area contributed by atoms with Gasteiger partial charge in [-0.1, -0.05) is 24.4 Å². The second-order valence-corrected chi connectivity index (χ2v) is 8.12. The van der Waals surface area contributed by atoms with Gasteiger partial charge in [0.05, 0.1) is 18.1 Å². The molecule has 6 nitrogen and oxygen atoms in total. The van der Waals surface area contributed by atoms with Crippen molar-refractivity contribution in [3.05, 3.63) is 29.8 Å². The van der Waals surface area contributed by atoms with Gasteiger partial charge in [0.1, 0.15) is 4.32 Å². The van der Waals surface area contributed by atoms with E-state index in [1.165, 1.54) is 24.1 Å². The van der Waals surface area contributed by atoms with Crippen LogP contribution in [0.1, 0.15) is 5.56 Å². The minimum atomic E-state index is -3.63. The van der Waals surface area contributed by atoms with E-state index in [1.807, 2.05) is 0 Å². The van der Waals surface area contributed by atoms with Crippen molar-refractivity contribution in [2.45, 2.75) is 11.3 Å². The summed E-state index contributed by atoms with van der Waals surface area (Å²) >= 11 is 6.83. The summed E-state index contributed by atoms with van der Waals surface area (Å²) in [6.45, 7) is 3.94. The van der Waals surface area contributed by atoms with Gasteiger partial charge in [-0.15, -0.1) is 0 Å². The molecule has 22 heavy (non-hydrogen) atoms. The summed E-state index contributed by atoms with van der Waals surface area (Å²) < 4.78 is 30.5. The van der Waals surface area contributed by atoms with E-state index >= 15 is 0 Å². The highest BCUT2D eigenvalue weighted by Crippen LogP contribution is 2.13. The summed E-state index contributed by atoms with van der Waals surface area (Å²) in [6.07, 6.45) is 0.759. The van der Waals surface area contributed by atoms with E-state index in [1.54, 1.807) is 12.1 Å². The minimum Gasteiger partial charge on any atom is -0.379 e. The van der Waals surface area contributed by atoms with Gasteiger partial charge in [-0.25, -0.2) is 17.9 Å². The quantitative estimate of drug-likeness (QED) is 0.591. The van der Waals surface area contributed by atoms with Crippen LogP contribution in [0.3, 0.4) is 0 Å². The zero-order valence-corrected chi connectivity index (χ0v) is 14.5. The van der Waals surface area contributed by atoms with Crippen molar-refractivity contribution in [2.24, 2.45) is 5.14 Å². The molecule has 1 aromatic carbocycles. The third-order valence-corrected chi connectivity index (χ3v) is 5.35. The first kappa shape index (κ1) is 17.6. The van der Waals surface area contributed by atoms with Crippen LogP contribution in [-0.2, 0) is 21.2 Å². The number of ether oxygens (including phenoxy) is 1. The molecule has 3 N–H and O–H groups in total. The number of sulfonamides is 1. The monoisotopic (exact) mass is 361 g/mol. The van der Waals surface area contributed by atoms with Crippen LogP contribution in [-0.4, -0.2) is 49.9 Å². The molecular weight excluding hydrogens is 342 g/mol. The van der Waals surface area contributed by atoms with Gasteiger partial charge in [0, 0.05) is 19.6 Å². The van der Waals surface area contributed by atoms with Crippen LogP contribution in [0.5, 0.6) is 0 Å². The second-order valence-electron chi connectivity index (χ2n) is 4.79. The molecule has 0 spiro atoms. The number of benzene rings is 1. The maximum absolute atomic E-state index is 11.2. The molecule has 122 valence electrons. The first-order valence-electron chi connectivity index (χ1n) is 6.85. The van der Waals surface area contributed by atoms with Crippen LogP contribution >= 0.6 is 24.2 Å². The van der Waals surface area contributed by atoms with Gasteiger partial charge in [-0.05, 0) is 36.1 Å². The Bertz CT molecular complexity index is 599. The Hall–Kier alpha value is -0.710. The Balaban J connectivity index is 1.72. The third kappa shape index (κ3) is 5.82. The number of nitrogens with zero attached hydrogens (tertiary/aromatic N) is 1. The highest BCUT2D eigenvalue weighted by atomic mass is 32.2. The normalized spacial score (nSPS) is 16.4. The molecule has 0 atom stereocenters. The lowest BCUT2D eigenvalue weighted by atomic mass is 10.1. The van der Waals surface area contributed by atoms with E-state index < -0.39 is 10.0 Å². The highest BCUT2D eigenvalue weighted by Gasteiger charge is 2.13. The van der Waals surface area contributed by atoms with E-state index in [0.717, 1.165) is 42.6 Å². The lowest BCUT2D eigenvalue weighted by Gasteiger charge is -2.25. The smallest absolute Gasteiger partial charge is 0.238 e. The summed E-state index contributed by atoms with van der Waals surface area (Å²) in [4.78, 5) is 0.127. The van der Waals surface area contributed by atoms with Crippen molar-refractivity contribution >= 4 is 38.5 Å². The Morgan fingerprint density at radius 3 is 2.55 bits per heavy atom. The van der Waals surface area contributed by atoms with Crippen molar-refractivity contribution in [2.75, 3.05) is 32.8 Å². The molecule has 2 rings (SSSR count). The van der Waals surface area contributed by atoms with Gasteiger partial charge in [0.25, 0.3) is 0 Å². The zero-order valence-electron chi connectivity index (χ0n) is 12.0. The summed E-state index contributed by atoms with van der Waals surface area (Å²) in [7, 11) is -3.63. The average Bonchev–Trinajstić information content (AvgIpc) is 2.48. The molecule has 0 unspecified atom stereocenters. The molecule has 0 amide bonds. The molecule has 1 aliphatic heterocycles. The number of nitrogens with two attached hydrogens (primary N) is 1. The summed E-state index contributed by atoms with van der Waals surface area (Å²) in [5, 5.41) is 8.25. The van der Waals surface area contributed by atoms with Crippen LogP contribution in [0.4, 0.5) is 0 Å².